The van der Waals surface area contributed by atoms with Gasteiger partial charge < -0.3 is 0 Å². The molecule has 0 heterocycles. The van der Waals surface area contributed by atoms with E-state index >= 15 is 0 Å². The van der Waals surface area contributed by atoms with Crippen LogP contribution in [0.25, 0.3) is 0 Å². The van der Waals surface area contributed by atoms with Crippen molar-refractivity contribution in [1.29, 1.82) is 0 Å². The molecule has 0 N–H and O–H groups in total. The molecule has 11 heavy (non-hydrogen) atoms. The molecule has 0 nitrogen and oxygen atoms in total. The quantitative estimate of drug-likeness (QED) is 0.530. The summed E-state index contributed by atoms with van der Waals surface area (Å²) < 4.78 is 0. The Morgan fingerprint density at radius 3 is 2.18 bits per heavy atom. The molecule has 1 aliphatic carbocycles. The highest BCUT2D eigenvalue weighted by Crippen LogP contribution is 2.31. The molecule has 1 saturated carbocycles. The van der Waals surface area contributed by atoms with Crippen LogP contribution in [-0.2, 0) is 0 Å². The standard InChI is InChI=1S/C11H18/c1-3-5-11-8-6-10(4-2)7-9-11/h1,10-11H,4-9H2,2H3. The van der Waals surface area contributed by atoms with Gasteiger partial charge in [0.25, 0.3) is 0 Å². The topological polar surface area (TPSA) is 0 Å². The molecule has 0 unspecified atom stereocenters. The Morgan fingerprint density at radius 1 is 1.18 bits per heavy atom. The van der Waals surface area contributed by atoms with Gasteiger partial charge in [0.15, 0.2) is 0 Å². The van der Waals surface area contributed by atoms with E-state index in [1.807, 2.05) is 0 Å². The van der Waals surface area contributed by atoms with Crippen LogP contribution in [0.4, 0.5) is 0 Å². The molecule has 0 aliphatic heterocycles. The van der Waals surface area contributed by atoms with E-state index in [-0.39, 0.29) is 0 Å². The first-order valence-corrected chi connectivity index (χ1v) is 4.80. The summed E-state index contributed by atoms with van der Waals surface area (Å²) in [5, 5.41) is 0. The first kappa shape index (κ1) is 8.65. The third-order valence-corrected chi connectivity index (χ3v) is 2.95. The molecule has 0 aromatic carbocycles. The smallest absolute Gasteiger partial charge is 0.0114 e. The summed E-state index contributed by atoms with van der Waals surface area (Å²) in [6.45, 7) is 2.30. The van der Waals surface area contributed by atoms with Crippen molar-refractivity contribution >= 4 is 0 Å². The normalized spacial score (nSPS) is 31.3. The fourth-order valence-electron chi connectivity index (χ4n) is 2.01. The van der Waals surface area contributed by atoms with Crippen LogP contribution in [0.1, 0.15) is 45.4 Å². The van der Waals surface area contributed by atoms with E-state index in [4.69, 9.17) is 6.42 Å². The lowest BCUT2D eigenvalue weighted by atomic mass is 9.80. The van der Waals surface area contributed by atoms with Gasteiger partial charge in [-0.1, -0.05) is 26.2 Å². The molecular weight excluding hydrogens is 132 g/mol. The van der Waals surface area contributed by atoms with Crippen molar-refractivity contribution in [3.8, 4) is 12.3 Å². The van der Waals surface area contributed by atoms with Gasteiger partial charge in [-0.05, 0) is 24.7 Å². The van der Waals surface area contributed by atoms with Gasteiger partial charge >= 0.3 is 0 Å². The van der Waals surface area contributed by atoms with Crippen molar-refractivity contribution in [1.82, 2.24) is 0 Å². The van der Waals surface area contributed by atoms with E-state index in [1.165, 1.54) is 32.1 Å². The summed E-state index contributed by atoms with van der Waals surface area (Å²) in [6, 6.07) is 0. The van der Waals surface area contributed by atoms with Crippen LogP contribution in [0.15, 0.2) is 0 Å². The van der Waals surface area contributed by atoms with Crippen molar-refractivity contribution < 1.29 is 0 Å². The van der Waals surface area contributed by atoms with Crippen molar-refractivity contribution in [3.63, 3.8) is 0 Å². The molecule has 0 saturated heterocycles. The molecule has 0 radical (unpaired) electrons. The van der Waals surface area contributed by atoms with Gasteiger partial charge in [0.2, 0.25) is 0 Å². The van der Waals surface area contributed by atoms with Crippen molar-refractivity contribution in [2.45, 2.75) is 45.4 Å². The Kier molecular flexibility index (Phi) is 3.49. The zero-order chi connectivity index (χ0) is 8.10. The van der Waals surface area contributed by atoms with E-state index in [9.17, 15) is 0 Å². The monoisotopic (exact) mass is 150 g/mol. The summed E-state index contributed by atoms with van der Waals surface area (Å²) in [5.41, 5.74) is 0. The van der Waals surface area contributed by atoms with E-state index in [0.29, 0.717) is 0 Å². The SMILES string of the molecule is C#CCC1CCC(CC)CC1. The Balaban J connectivity index is 2.20. The zero-order valence-corrected chi connectivity index (χ0v) is 7.47. The van der Waals surface area contributed by atoms with Crippen LogP contribution >= 0.6 is 0 Å². The first-order valence-electron chi connectivity index (χ1n) is 4.80. The minimum absolute atomic E-state index is 0.850. The Bertz CT molecular complexity index is 133. The minimum Gasteiger partial charge on any atom is -0.120 e. The predicted molar refractivity (Wildman–Crippen MR) is 49.2 cm³/mol. The maximum absolute atomic E-state index is 5.28. The summed E-state index contributed by atoms with van der Waals surface area (Å²) in [5.74, 6) is 4.62. The largest absolute Gasteiger partial charge is 0.120 e. The van der Waals surface area contributed by atoms with Crippen LogP contribution in [0, 0.1) is 24.2 Å². The van der Waals surface area contributed by atoms with E-state index in [0.717, 1.165) is 18.3 Å². The molecule has 0 atom stereocenters. The fourth-order valence-corrected chi connectivity index (χ4v) is 2.01. The highest BCUT2D eigenvalue weighted by molar-refractivity contribution is 4.88. The van der Waals surface area contributed by atoms with Gasteiger partial charge in [-0.15, -0.1) is 12.3 Å². The molecule has 0 aromatic rings. The van der Waals surface area contributed by atoms with Crippen molar-refractivity contribution in [3.05, 3.63) is 0 Å². The van der Waals surface area contributed by atoms with Crippen LogP contribution in [0.5, 0.6) is 0 Å². The molecular formula is C11H18. The van der Waals surface area contributed by atoms with E-state index in [2.05, 4.69) is 12.8 Å². The van der Waals surface area contributed by atoms with Gasteiger partial charge in [-0.25, -0.2) is 0 Å². The lowest BCUT2D eigenvalue weighted by Gasteiger charge is -2.26. The summed E-state index contributed by atoms with van der Waals surface area (Å²) in [4.78, 5) is 0. The maximum Gasteiger partial charge on any atom is 0.0114 e. The number of terminal acetylenes is 1. The minimum atomic E-state index is 0.850. The zero-order valence-electron chi connectivity index (χ0n) is 7.47. The lowest BCUT2D eigenvalue weighted by molar-refractivity contribution is 0.273. The van der Waals surface area contributed by atoms with Gasteiger partial charge in [0.05, 0.1) is 0 Å². The molecule has 0 amide bonds. The van der Waals surface area contributed by atoms with Crippen molar-refractivity contribution in [2.75, 3.05) is 0 Å². The average Bonchev–Trinajstić information content (AvgIpc) is 2.07. The highest BCUT2D eigenvalue weighted by Gasteiger charge is 2.18. The molecule has 0 heteroatoms. The molecule has 1 fully saturated rings. The van der Waals surface area contributed by atoms with Crippen LogP contribution < -0.4 is 0 Å². The van der Waals surface area contributed by atoms with Gasteiger partial charge in [0, 0.05) is 6.42 Å². The molecule has 1 aliphatic rings. The summed E-state index contributed by atoms with van der Waals surface area (Å²) in [6.07, 6.45) is 13.2. The summed E-state index contributed by atoms with van der Waals surface area (Å²) >= 11 is 0. The van der Waals surface area contributed by atoms with Crippen molar-refractivity contribution in [2.24, 2.45) is 11.8 Å². The van der Waals surface area contributed by atoms with Crippen LogP contribution in [0.3, 0.4) is 0 Å². The Hall–Kier alpha value is -0.440. The summed E-state index contributed by atoms with van der Waals surface area (Å²) in [7, 11) is 0. The molecule has 0 aromatic heterocycles. The fraction of sp³-hybridized carbons (Fsp3) is 0.818. The third-order valence-electron chi connectivity index (χ3n) is 2.95. The lowest BCUT2D eigenvalue weighted by Crippen LogP contribution is -2.13. The third kappa shape index (κ3) is 2.58. The number of hydrogen-bond acceptors (Lipinski definition) is 0. The number of hydrogen-bond donors (Lipinski definition) is 0. The van der Waals surface area contributed by atoms with Gasteiger partial charge in [0.1, 0.15) is 0 Å². The second-order valence-electron chi connectivity index (χ2n) is 3.70. The second-order valence-corrected chi connectivity index (χ2v) is 3.70. The predicted octanol–water partition coefficient (Wildman–Crippen LogP) is 3.23. The molecule has 62 valence electrons. The van der Waals surface area contributed by atoms with Gasteiger partial charge in [-0.2, -0.15) is 0 Å². The maximum atomic E-state index is 5.28. The first-order chi connectivity index (χ1) is 5.36. The van der Waals surface area contributed by atoms with Crippen LogP contribution in [0.2, 0.25) is 0 Å². The molecule has 0 bridgehead atoms. The Morgan fingerprint density at radius 2 is 1.73 bits per heavy atom. The van der Waals surface area contributed by atoms with E-state index in [1.54, 1.807) is 0 Å². The number of rotatable bonds is 2. The molecule has 1 rings (SSSR count). The van der Waals surface area contributed by atoms with Gasteiger partial charge in [-0.3, -0.25) is 0 Å². The average molecular weight is 150 g/mol. The second kappa shape index (κ2) is 4.44. The van der Waals surface area contributed by atoms with E-state index < -0.39 is 0 Å². The highest BCUT2D eigenvalue weighted by atomic mass is 14.2. The Labute approximate surface area is 70.4 Å². The van der Waals surface area contributed by atoms with Crippen LogP contribution in [-0.4, -0.2) is 0 Å². The molecule has 0 spiro atoms.